The molecular formula is C18H22N6O3S. The van der Waals surface area contributed by atoms with E-state index in [4.69, 9.17) is 10.6 Å². The molecule has 148 valence electrons. The predicted octanol–water partition coefficient (Wildman–Crippen LogP) is 2.59. The van der Waals surface area contributed by atoms with Crippen molar-refractivity contribution in [1.82, 2.24) is 20.0 Å². The standard InChI is InChI=1S/C18H22N6O3S/c1-18(2,3)12-4-6-13(7-5-12)26-10-15-21-22-17(24(15)19)28-11-16(25)20-14-8-9-27-23-14/h4-9H,10-11,19H2,1-3H3,(H,20,23,25). The Balaban J connectivity index is 1.52. The molecule has 10 heteroatoms. The van der Waals surface area contributed by atoms with E-state index < -0.39 is 0 Å². The molecular weight excluding hydrogens is 380 g/mol. The second kappa shape index (κ2) is 8.34. The number of hydrogen-bond acceptors (Lipinski definition) is 8. The molecule has 3 N–H and O–H groups in total. The van der Waals surface area contributed by atoms with Gasteiger partial charge < -0.3 is 20.4 Å². The van der Waals surface area contributed by atoms with Gasteiger partial charge in [-0.25, -0.2) is 4.68 Å². The molecule has 0 fully saturated rings. The Labute approximate surface area is 166 Å². The Morgan fingerprint density at radius 2 is 2.00 bits per heavy atom. The lowest BCUT2D eigenvalue weighted by Crippen LogP contribution is -2.18. The summed E-state index contributed by atoms with van der Waals surface area (Å²) in [6.45, 7) is 6.64. The van der Waals surface area contributed by atoms with Crippen LogP contribution in [0.3, 0.4) is 0 Å². The highest BCUT2D eigenvalue weighted by molar-refractivity contribution is 7.99. The highest BCUT2D eigenvalue weighted by Gasteiger charge is 2.15. The number of hydrogen-bond donors (Lipinski definition) is 2. The molecule has 28 heavy (non-hydrogen) atoms. The van der Waals surface area contributed by atoms with E-state index in [2.05, 4.69) is 46.0 Å². The van der Waals surface area contributed by atoms with Gasteiger partial charge in [0.2, 0.25) is 11.1 Å². The van der Waals surface area contributed by atoms with Crippen molar-refractivity contribution in [2.45, 2.75) is 37.9 Å². The van der Waals surface area contributed by atoms with Crippen LogP contribution >= 0.6 is 11.8 Å². The van der Waals surface area contributed by atoms with Crippen molar-refractivity contribution < 1.29 is 14.1 Å². The zero-order valence-corrected chi connectivity index (χ0v) is 16.7. The van der Waals surface area contributed by atoms with E-state index >= 15 is 0 Å². The lowest BCUT2D eigenvalue weighted by Gasteiger charge is -2.19. The van der Waals surface area contributed by atoms with Gasteiger partial charge in [0.1, 0.15) is 18.6 Å². The van der Waals surface area contributed by atoms with Crippen molar-refractivity contribution >= 4 is 23.5 Å². The first-order valence-corrected chi connectivity index (χ1v) is 9.57. The van der Waals surface area contributed by atoms with Crippen molar-refractivity contribution in [2.75, 3.05) is 16.9 Å². The molecule has 2 aromatic heterocycles. The Kier molecular flexibility index (Phi) is 5.88. The molecule has 0 radical (unpaired) electrons. The molecule has 0 aliphatic heterocycles. The van der Waals surface area contributed by atoms with Gasteiger partial charge in [-0.15, -0.1) is 10.2 Å². The number of ether oxygens (including phenoxy) is 1. The number of benzene rings is 1. The van der Waals surface area contributed by atoms with Gasteiger partial charge in [-0.1, -0.05) is 49.8 Å². The fraction of sp³-hybridized carbons (Fsp3) is 0.333. The number of carbonyl (C=O) groups is 1. The summed E-state index contributed by atoms with van der Waals surface area (Å²) in [5.74, 6) is 7.39. The Morgan fingerprint density at radius 3 is 2.64 bits per heavy atom. The third-order valence-corrected chi connectivity index (χ3v) is 4.80. The topological polar surface area (TPSA) is 121 Å². The maximum Gasteiger partial charge on any atom is 0.236 e. The predicted molar refractivity (Wildman–Crippen MR) is 106 cm³/mol. The Bertz CT molecular complexity index is 916. The van der Waals surface area contributed by atoms with Crippen LogP contribution in [-0.4, -0.2) is 31.7 Å². The monoisotopic (exact) mass is 402 g/mol. The first-order valence-electron chi connectivity index (χ1n) is 8.58. The van der Waals surface area contributed by atoms with E-state index in [9.17, 15) is 4.79 Å². The summed E-state index contributed by atoms with van der Waals surface area (Å²) in [6.07, 6.45) is 1.38. The number of amides is 1. The lowest BCUT2D eigenvalue weighted by atomic mass is 9.87. The summed E-state index contributed by atoms with van der Waals surface area (Å²) in [4.78, 5) is 11.9. The van der Waals surface area contributed by atoms with Crippen molar-refractivity contribution in [1.29, 1.82) is 0 Å². The summed E-state index contributed by atoms with van der Waals surface area (Å²) >= 11 is 1.16. The fourth-order valence-corrected chi connectivity index (χ4v) is 2.96. The molecule has 3 rings (SSSR count). The minimum atomic E-state index is -0.251. The van der Waals surface area contributed by atoms with Gasteiger partial charge in [-0.3, -0.25) is 4.79 Å². The lowest BCUT2D eigenvalue weighted by molar-refractivity contribution is -0.113. The van der Waals surface area contributed by atoms with Crippen LogP contribution in [0.15, 0.2) is 46.3 Å². The number of thioether (sulfide) groups is 1. The third kappa shape index (κ3) is 5.03. The number of anilines is 1. The SMILES string of the molecule is CC(C)(C)c1ccc(OCc2nnc(SCC(=O)Nc3ccon3)n2N)cc1. The molecule has 9 nitrogen and oxygen atoms in total. The number of nitrogens with two attached hydrogens (primary N) is 1. The van der Waals surface area contributed by atoms with E-state index in [1.807, 2.05) is 24.3 Å². The number of carbonyl (C=O) groups excluding carboxylic acids is 1. The molecule has 3 aromatic rings. The fourth-order valence-electron chi connectivity index (χ4n) is 2.29. The minimum absolute atomic E-state index is 0.0854. The van der Waals surface area contributed by atoms with Crippen LogP contribution in [-0.2, 0) is 16.8 Å². The summed E-state index contributed by atoms with van der Waals surface area (Å²) in [5.41, 5.74) is 1.31. The molecule has 0 bridgehead atoms. The van der Waals surface area contributed by atoms with Gasteiger partial charge in [0.15, 0.2) is 11.6 Å². The van der Waals surface area contributed by atoms with E-state index in [1.54, 1.807) is 6.07 Å². The van der Waals surface area contributed by atoms with Crippen LogP contribution in [0.5, 0.6) is 5.75 Å². The van der Waals surface area contributed by atoms with Crippen molar-refractivity contribution in [3.8, 4) is 5.75 Å². The number of rotatable bonds is 7. The number of nitrogens with zero attached hydrogens (tertiary/aromatic N) is 4. The number of aromatic nitrogens is 4. The Hall–Kier alpha value is -3.01. The molecule has 0 spiro atoms. The maximum atomic E-state index is 11.9. The highest BCUT2D eigenvalue weighted by Crippen LogP contribution is 2.24. The van der Waals surface area contributed by atoms with Crippen LogP contribution < -0.4 is 15.9 Å². The van der Waals surface area contributed by atoms with Crippen LogP contribution in [0.25, 0.3) is 0 Å². The van der Waals surface area contributed by atoms with E-state index in [0.29, 0.717) is 16.8 Å². The van der Waals surface area contributed by atoms with Gasteiger partial charge in [-0.05, 0) is 23.1 Å². The average Bonchev–Trinajstić information content (AvgIpc) is 3.28. The largest absolute Gasteiger partial charge is 0.486 e. The molecule has 0 saturated heterocycles. The first-order chi connectivity index (χ1) is 13.3. The van der Waals surface area contributed by atoms with Crippen molar-refractivity contribution in [3.05, 3.63) is 48.0 Å². The van der Waals surface area contributed by atoms with Crippen LogP contribution in [0.1, 0.15) is 32.2 Å². The maximum absolute atomic E-state index is 11.9. The van der Waals surface area contributed by atoms with Gasteiger partial charge >= 0.3 is 0 Å². The molecule has 0 atom stereocenters. The van der Waals surface area contributed by atoms with Crippen LogP contribution in [0.2, 0.25) is 0 Å². The summed E-state index contributed by atoms with van der Waals surface area (Å²) in [5, 5.41) is 14.6. The normalized spacial score (nSPS) is 11.4. The first kappa shape index (κ1) is 19.7. The average molecular weight is 402 g/mol. The van der Waals surface area contributed by atoms with Crippen molar-refractivity contribution in [2.24, 2.45) is 0 Å². The summed E-state index contributed by atoms with van der Waals surface area (Å²) in [7, 11) is 0. The Morgan fingerprint density at radius 1 is 1.25 bits per heavy atom. The molecule has 1 aromatic carbocycles. The summed E-state index contributed by atoms with van der Waals surface area (Å²) in [6, 6.07) is 9.47. The van der Waals surface area contributed by atoms with Crippen molar-refractivity contribution in [3.63, 3.8) is 0 Å². The zero-order chi connectivity index (χ0) is 20.1. The molecule has 0 aliphatic rings. The second-order valence-electron chi connectivity index (χ2n) is 7.05. The highest BCUT2D eigenvalue weighted by atomic mass is 32.2. The van der Waals surface area contributed by atoms with Gasteiger partial charge in [0.05, 0.1) is 5.75 Å². The minimum Gasteiger partial charge on any atom is -0.486 e. The molecule has 0 unspecified atom stereocenters. The van der Waals surface area contributed by atoms with Gasteiger partial charge in [0.25, 0.3) is 0 Å². The quantitative estimate of drug-likeness (QED) is 0.457. The van der Waals surface area contributed by atoms with Crippen LogP contribution in [0, 0.1) is 0 Å². The molecule has 2 heterocycles. The van der Waals surface area contributed by atoms with E-state index in [0.717, 1.165) is 17.5 Å². The number of nitrogen functional groups attached to an aromatic ring is 1. The van der Waals surface area contributed by atoms with Crippen LogP contribution in [0.4, 0.5) is 5.82 Å². The smallest absolute Gasteiger partial charge is 0.236 e. The molecule has 0 aliphatic carbocycles. The molecule has 0 saturated carbocycles. The second-order valence-corrected chi connectivity index (χ2v) is 8.00. The summed E-state index contributed by atoms with van der Waals surface area (Å²) < 4.78 is 11.7. The molecule has 1 amide bonds. The van der Waals surface area contributed by atoms with Gasteiger partial charge in [0, 0.05) is 6.07 Å². The zero-order valence-electron chi connectivity index (χ0n) is 15.9. The number of nitrogens with one attached hydrogen (secondary N) is 1. The third-order valence-electron chi connectivity index (χ3n) is 3.86. The van der Waals surface area contributed by atoms with E-state index in [-0.39, 0.29) is 23.7 Å². The van der Waals surface area contributed by atoms with Gasteiger partial charge in [-0.2, -0.15) is 0 Å². The van der Waals surface area contributed by atoms with E-state index in [1.165, 1.54) is 16.5 Å².